The molecular weight excluding hydrogens is 334 g/mol. The first-order chi connectivity index (χ1) is 11.0. The average Bonchev–Trinajstić information content (AvgIpc) is 2.88. The van der Waals surface area contributed by atoms with Crippen molar-refractivity contribution in [2.45, 2.75) is 38.1 Å². The monoisotopic (exact) mass is 353 g/mol. The van der Waals surface area contributed by atoms with Gasteiger partial charge in [0.2, 0.25) is 5.91 Å². The lowest BCUT2D eigenvalue weighted by atomic mass is 9.88. The van der Waals surface area contributed by atoms with Crippen LogP contribution in [0.4, 0.5) is 5.69 Å². The lowest BCUT2D eigenvalue weighted by molar-refractivity contribution is -0.123. The molecule has 0 N–H and O–H groups in total. The zero-order chi connectivity index (χ0) is 16.4. The fraction of sp³-hybridized carbons (Fsp3) is 0.471. The molecule has 0 aromatic heterocycles. The lowest BCUT2D eigenvalue weighted by Gasteiger charge is -2.32. The molecule has 0 bridgehead atoms. The van der Waals surface area contributed by atoms with Gasteiger partial charge in [0, 0.05) is 22.0 Å². The Bertz CT molecular complexity index is 723. The summed E-state index contributed by atoms with van der Waals surface area (Å²) in [5.41, 5.74) is 0.667. The molecule has 1 saturated carbocycles. The third-order valence-electron chi connectivity index (χ3n) is 4.52. The molecule has 1 amide bonds. The summed E-state index contributed by atoms with van der Waals surface area (Å²) < 4.78 is 23.6. The molecule has 6 heteroatoms. The molecule has 1 atom stereocenters. The van der Waals surface area contributed by atoms with E-state index in [9.17, 15) is 13.2 Å². The van der Waals surface area contributed by atoms with Crippen molar-refractivity contribution < 1.29 is 13.2 Å². The summed E-state index contributed by atoms with van der Waals surface area (Å²) in [6.45, 7) is 0. The van der Waals surface area contributed by atoms with Crippen molar-refractivity contribution in [2.75, 3.05) is 10.7 Å². The summed E-state index contributed by atoms with van der Waals surface area (Å²) in [6.07, 6.45) is 6.63. The van der Waals surface area contributed by atoms with Crippen LogP contribution in [-0.2, 0) is 14.6 Å². The zero-order valence-electron chi connectivity index (χ0n) is 12.8. The standard InChI is InChI=1S/C17H20ClNO3S/c18-14-7-4-8-15(11-14)19(16-9-10-23(21,22)12-16)17(20)13-5-2-1-3-6-13/h4,7-11,13,16H,1-3,5-6,12H2/t16-/m0/s1. The van der Waals surface area contributed by atoms with Crippen LogP contribution in [0.3, 0.4) is 0 Å². The Hall–Kier alpha value is -1.33. The van der Waals surface area contributed by atoms with Gasteiger partial charge in [-0.25, -0.2) is 8.42 Å². The smallest absolute Gasteiger partial charge is 0.230 e. The predicted molar refractivity (Wildman–Crippen MR) is 92.2 cm³/mol. The van der Waals surface area contributed by atoms with Gasteiger partial charge in [0.15, 0.2) is 9.84 Å². The number of carbonyl (C=O) groups is 1. The number of halogens is 1. The number of nitrogens with zero attached hydrogens (tertiary/aromatic N) is 1. The third-order valence-corrected chi connectivity index (χ3v) is 6.13. The number of carbonyl (C=O) groups excluding carboxylic acids is 1. The molecule has 1 fully saturated rings. The number of sulfone groups is 1. The van der Waals surface area contributed by atoms with Gasteiger partial charge in [-0.3, -0.25) is 4.79 Å². The maximum absolute atomic E-state index is 13.1. The van der Waals surface area contributed by atoms with Gasteiger partial charge in [-0.15, -0.1) is 0 Å². The third kappa shape index (κ3) is 3.78. The van der Waals surface area contributed by atoms with Crippen molar-refractivity contribution in [3.63, 3.8) is 0 Å². The van der Waals surface area contributed by atoms with Crippen LogP contribution < -0.4 is 4.90 Å². The van der Waals surface area contributed by atoms with E-state index in [4.69, 9.17) is 11.6 Å². The molecule has 1 aromatic rings. The van der Waals surface area contributed by atoms with Crippen LogP contribution in [0.15, 0.2) is 35.7 Å². The lowest BCUT2D eigenvalue weighted by Crippen LogP contribution is -2.45. The van der Waals surface area contributed by atoms with E-state index in [1.54, 1.807) is 29.2 Å². The second-order valence-electron chi connectivity index (χ2n) is 6.25. The largest absolute Gasteiger partial charge is 0.304 e. The van der Waals surface area contributed by atoms with E-state index < -0.39 is 15.9 Å². The van der Waals surface area contributed by atoms with E-state index in [0.29, 0.717) is 10.7 Å². The highest BCUT2D eigenvalue weighted by molar-refractivity contribution is 7.94. The zero-order valence-corrected chi connectivity index (χ0v) is 14.4. The molecule has 1 aromatic carbocycles. The van der Waals surface area contributed by atoms with Gasteiger partial charge in [-0.1, -0.05) is 36.9 Å². The first-order valence-corrected chi connectivity index (χ1v) is 10.1. The van der Waals surface area contributed by atoms with E-state index >= 15 is 0 Å². The molecule has 1 aliphatic carbocycles. The predicted octanol–water partition coefficient (Wildman–Crippen LogP) is 3.56. The fourth-order valence-corrected chi connectivity index (χ4v) is 4.83. The first kappa shape index (κ1) is 16.5. The summed E-state index contributed by atoms with van der Waals surface area (Å²) >= 11 is 6.07. The number of hydrogen-bond donors (Lipinski definition) is 0. The van der Waals surface area contributed by atoms with Crippen LogP contribution in [0.1, 0.15) is 32.1 Å². The summed E-state index contributed by atoms with van der Waals surface area (Å²) in [5, 5.41) is 1.75. The SMILES string of the molecule is O=C(C1CCCCC1)N(c1cccc(Cl)c1)[C@H]1C=CS(=O)(=O)C1. The maximum atomic E-state index is 13.1. The fourth-order valence-electron chi connectivity index (χ4n) is 3.37. The highest BCUT2D eigenvalue weighted by Gasteiger charge is 2.35. The van der Waals surface area contributed by atoms with Crippen LogP contribution >= 0.6 is 11.6 Å². The number of rotatable bonds is 3. The Balaban J connectivity index is 1.93. The molecule has 3 rings (SSSR count). The van der Waals surface area contributed by atoms with Crippen molar-refractivity contribution >= 4 is 33.0 Å². The molecule has 0 spiro atoms. The molecule has 0 radical (unpaired) electrons. The molecule has 0 unspecified atom stereocenters. The van der Waals surface area contributed by atoms with Gasteiger partial charge in [-0.05, 0) is 37.1 Å². The minimum atomic E-state index is -3.23. The molecule has 23 heavy (non-hydrogen) atoms. The van der Waals surface area contributed by atoms with Gasteiger partial charge in [0.05, 0.1) is 11.8 Å². The van der Waals surface area contributed by atoms with Gasteiger partial charge < -0.3 is 4.90 Å². The number of benzene rings is 1. The summed E-state index contributed by atoms with van der Waals surface area (Å²) in [7, 11) is -3.23. The van der Waals surface area contributed by atoms with Gasteiger partial charge in [-0.2, -0.15) is 0 Å². The minimum absolute atomic E-state index is 0.0127. The normalized spacial score (nSPS) is 23.8. The maximum Gasteiger partial charge on any atom is 0.230 e. The number of anilines is 1. The van der Waals surface area contributed by atoms with Gasteiger partial charge in [0.1, 0.15) is 0 Å². The quantitative estimate of drug-likeness (QED) is 0.834. The Morgan fingerprint density at radius 1 is 1.17 bits per heavy atom. The Morgan fingerprint density at radius 2 is 1.91 bits per heavy atom. The van der Waals surface area contributed by atoms with Crippen molar-refractivity contribution in [3.8, 4) is 0 Å². The molecular formula is C17H20ClNO3S. The van der Waals surface area contributed by atoms with Crippen molar-refractivity contribution in [1.82, 2.24) is 0 Å². The minimum Gasteiger partial charge on any atom is -0.304 e. The summed E-state index contributed by atoms with van der Waals surface area (Å²) in [5.74, 6) is -0.0732. The van der Waals surface area contributed by atoms with Crippen LogP contribution in [0, 0.1) is 5.92 Å². The summed E-state index contributed by atoms with van der Waals surface area (Å²) in [6, 6.07) is 6.61. The van der Waals surface area contributed by atoms with Crippen LogP contribution in [-0.4, -0.2) is 26.1 Å². The molecule has 124 valence electrons. The molecule has 1 heterocycles. The Kier molecular flexibility index (Phi) is 4.78. The molecule has 4 nitrogen and oxygen atoms in total. The van der Waals surface area contributed by atoms with E-state index in [2.05, 4.69) is 0 Å². The van der Waals surface area contributed by atoms with Crippen molar-refractivity contribution in [2.24, 2.45) is 5.92 Å². The van der Waals surface area contributed by atoms with E-state index in [0.717, 1.165) is 25.7 Å². The Labute approximate surface area is 142 Å². The average molecular weight is 354 g/mol. The second-order valence-corrected chi connectivity index (χ2v) is 8.62. The Morgan fingerprint density at radius 3 is 2.52 bits per heavy atom. The molecule has 1 aliphatic heterocycles. The van der Waals surface area contributed by atoms with Crippen LogP contribution in [0.25, 0.3) is 0 Å². The van der Waals surface area contributed by atoms with E-state index in [1.807, 2.05) is 6.07 Å². The van der Waals surface area contributed by atoms with E-state index in [1.165, 1.54) is 11.8 Å². The van der Waals surface area contributed by atoms with Gasteiger partial charge in [0.25, 0.3) is 0 Å². The van der Waals surface area contributed by atoms with E-state index in [-0.39, 0.29) is 17.6 Å². The highest BCUT2D eigenvalue weighted by atomic mass is 35.5. The topological polar surface area (TPSA) is 54.5 Å². The summed E-state index contributed by atoms with van der Waals surface area (Å²) in [4.78, 5) is 14.7. The first-order valence-electron chi connectivity index (χ1n) is 7.96. The highest BCUT2D eigenvalue weighted by Crippen LogP contribution is 2.31. The molecule has 2 aliphatic rings. The van der Waals surface area contributed by atoms with Crippen LogP contribution in [0.5, 0.6) is 0 Å². The van der Waals surface area contributed by atoms with Gasteiger partial charge >= 0.3 is 0 Å². The number of hydrogen-bond acceptors (Lipinski definition) is 3. The molecule has 0 saturated heterocycles. The van der Waals surface area contributed by atoms with Crippen molar-refractivity contribution in [1.29, 1.82) is 0 Å². The second kappa shape index (κ2) is 6.65. The van der Waals surface area contributed by atoms with Crippen molar-refractivity contribution in [3.05, 3.63) is 40.8 Å². The van der Waals surface area contributed by atoms with Crippen LogP contribution in [0.2, 0.25) is 5.02 Å². The number of amides is 1.